The van der Waals surface area contributed by atoms with Gasteiger partial charge in [-0.05, 0) is 12.8 Å². The van der Waals surface area contributed by atoms with Crippen molar-refractivity contribution in [1.82, 2.24) is 15.2 Å². The van der Waals surface area contributed by atoms with Crippen LogP contribution in [0.3, 0.4) is 0 Å². The van der Waals surface area contributed by atoms with E-state index in [1.807, 2.05) is 0 Å². The molecule has 0 aromatic carbocycles. The fourth-order valence-corrected chi connectivity index (χ4v) is 2.41. The second-order valence-electron chi connectivity index (χ2n) is 4.09. The Labute approximate surface area is 108 Å². The smallest absolute Gasteiger partial charge is 0.407 e. The number of aromatic nitrogens is 1. The number of likely N-dealkylation sites (tertiary alicyclic amines) is 1. The number of thiazole rings is 1. The van der Waals surface area contributed by atoms with Crippen molar-refractivity contribution in [3.05, 3.63) is 11.1 Å². The first-order valence-electron chi connectivity index (χ1n) is 5.56. The summed E-state index contributed by atoms with van der Waals surface area (Å²) in [6, 6.07) is -0.00368. The van der Waals surface area contributed by atoms with E-state index in [4.69, 9.17) is 10.8 Å². The Hall–Kier alpha value is -1.83. The Morgan fingerprint density at radius 3 is 2.67 bits per heavy atom. The number of carboxylic acid groups (broad SMARTS) is 1. The summed E-state index contributed by atoms with van der Waals surface area (Å²) in [6.45, 7) is 0.888. The molecule has 1 saturated heterocycles. The quantitative estimate of drug-likeness (QED) is 0.729. The molecule has 0 spiro atoms. The van der Waals surface area contributed by atoms with Gasteiger partial charge in [-0.15, -0.1) is 11.3 Å². The second kappa shape index (κ2) is 5.21. The van der Waals surface area contributed by atoms with Crippen LogP contribution in [0, 0.1) is 0 Å². The number of hydrogen-bond donors (Lipinski definition) is 3. The SMILES string of the molecule is Nc1nc(C(=O)NC2CCN(C(=O)O)CC2)cs1. The van der Waals surface area contributed by atoms with Gasteiger partial charge < -0.3 is 21.1 Å². The molecule has 2 rings (SSSR count). The van der Waals surface area contributed by atoms with Gasteiger partial charge in [0.05, 0.1) is 0 Å². The third kappa shape index (κ3) is 2.89. The van der Waals surface area contributed by atoms with E-state index in [0.29, 0.717) is 36.8 Å². The highest BCUT2D eigenvalue weighted by Gasteiger charge is 2.24. The number of rotatable bonds is 2. The number of anilines is 1. The minimum atomic E-state index is -0.910. The summed E-state index contributed by atoms with van der Waals surface area (Å²) in [7, 11) is 0. The van der Waals surface area contributed by atoms with Gasteiger partial charge in [0.1, 0.15) is 5.69 Å². The number of nitrogens with two attached hydrogens (primary N) is 1. The van der Waals surface area contributed by atoms with Crippen molar-refractivity contribution in [3.63, 3.8) is 0 Å². The van der Waals surface area contributed by atoms with E-state index in [1.165, 1.54) is 16.2 Å². The van der Waals surface area contributed by atoms with E-state index < -0.39 is 6.09 Å². The van der Waals surface area contributed by atoms with Crippen LogP contribution in [0.2, 0.25) is 0 Å². The van der Waals surface area contributed by atoms with E-state index in [0.717, 1.165) is 0 Å². The largest absolute Gasteiger partial charge is 0.465 e. The summed E-state index contributed by atoms with van der Waals surface area (Å²) < 4.78 is 0. The lowest BCUT2D eigenvalue weighted by Crippen LogP contribution is -2.46. The highest BCUT2D eigenvalue weighted by molar-refractivity contribution is 7.13. The third-order valence-corrected chi connectivity index (χ3v) is 3.53. The summed E-state index contributed by atoms with van der Waals surface area (Å²) >= 11 is 1.22. The molecular formula is C10H14N4O3S. The molecule has 7 nitrogen and oxygen atoms in total. The fraction of sp³-hybridized carbons (Fsp3) is 0.500. The molecule has 4 N–H and O–H groups in total. The molecule has 0 bridgehead atoms. The van der Waals surface area contributed by atoms with Crippen molar-refractivity contribution in [2.24, 2.45) is 0 Å². The van der Waals surface area contributed by atoms with Crippen molar-refractivity contribution in [3.8, 4) is 0 Å². The van der Waals surface area contributed by atoms with Crippen LogP contribution in [-0.4, -0.2) is 46.1 Å². The first kappa shape index (κ1) is 12.6. The normalized spacial score (nSPS) is 16.6. The maximum absolute atomic E-state index is 11.8. The van der Waals surface area contributed by atoms with E-state index in [2.05, 4.69) is 10.3 Å². The molecule has 0 saturated carbocycles. The molecule has 1 aromatic rings. The molecule has 1 fully saturated rings. The monoisotopic (exact) mass is 270 g/mol. The predicted octanol–water partition coefficient (Wildman–Crippen LogP) is 0.598. The van der Waals surface area contributed by atoms with Crippen LogP contribution in [0.5, 0.6) is 0 Å². The first-order chi connectivity index (χ1) is 8.56. The molecule has 2 heterocycles. The van der Waals surface area contributed by atoms with E-state index in [1.54, 1.807) is 5.38 Å². The highest BCUT2D eigenvalue weighted by atomic mass is 32.1. The Morgan fingerprint density at radius 1 is 1.50 bits per heavy atom. The predicted molar refractivity (Wildman–Crippen MR) is 66.6 cm³/mol. The number of amides is 2. The van der Waals surface area contributed by atoms with Crippen LogP contribution in [0.25, 0.3) is 0 Å². The zero-order valence-corrected chi connectivity index (χ0v) is 10.4. The maximum Gasteiger partial charge on any atom is 0.407 e. The third-order valence-electron chi connectivity index (χ3n) is 2.86. The van der Waals surface area contributed by atoms with Gasteiger partial charge in [-0.1, -0.05) is 0 Å². The molecule has 1 aromatic heterocycles. The molecule has 8 heteroatoms. The lowest BCUT2D eigenvalue weighted by Gasteiger charge is -2.30. The summed E-state index contributed by atoms with van der Waals surface area (Å²) in [5, 5.41) is 13.6. The first-order valence-corrected chi connectivity index (χ1v) is 6.44. The zero-order valence-electron chi connectivity index (χ0n) is 9.63. The minimum Gasteiger partial charge on any atom is -0.465 e. The maximum atomic E-state index is 11.8. The van der Waals surface area contributed by atoms with Crippen molar-refractivity contribution in [2.45, 2.75) is 18.9 Å². The molecule has 0 atom stereocenters. The average molecular weight is 270 g/mol. The highest BCUT2D eigenvalue weighted by Crippen LogP contribution is 2.13. The Bertz CT molecular complexity index is 454. The lowest BCUT2D eigenvalue weighted by atomic mass is 10.1. The molecule has 18 heavy (non-hydrogen) atoms. The topological polar surface area (TPSA) is 109 Å². The summed E-state index contributed by atoms with van der Waals surface area (Å²) in [6.07, 6.45) is 0.335. The van der Waals surface area contributed by atoms with Gasteiger partial charge in [-0.25, -0.2) is 9.78 Å². The molecule has 0 radical (unpaired) electrons. The van der Waals surface area contributed by atoms with Crippen LogP contribution in [0.1, 0.15) is 23.3 Å². The minimum absolute atomic E-state index is 0.00368. The molecular weight excluding hydrogens is 256 g/mol. The summed E-state index contributed by atoms with van der Waals surface area (Å²) in [5.74, 6) is -0.253. The Balaban J connectivity index is 1.85. The lowest BCUT2D eigenvalue weighted by molar-refractivity contribution is 0.0903. The number of carbonyl (C=O) groups excluding carboxylic acids is 1. The Morgan fingerprint density at radius 2 is 2.17 bits per heavy atom. The number of carbonyl (C=O) groups is 2. The van der Waals surface area contributed by atoms with Crippen LogP contribution >= 0.6 is 11.3 Å². The van der Waals surface area contributed by atoms with Crippen LogP contribution in [-0.2, 0) is 0 Å². The number of hydrogen-bond acceptors (Lipinski definition) is 5. The number of nitrogens with zero attached hydrogens (tertiary/aromatic N) is 2. The second-order valence-corrected chi connectivity index (χ2v) is 4.98. The van der Waals surface area contributed by atoms with Gasteiger partial charge in [0.15, 0.2) is 5.13 Å². The molecule has 1 aliphatic rings. The van der Waals surface area contributed by atoms with E-state index in [9.17, 15) is 9.59 Å². The van der Waals surface area contributed by atoms with E-state index >= 15 is 0 Å². The summed E-state index contributed by atoms with van der Waals surface area (Å²) in [5.41, 5.74) is 5.77. The molecule has 2 amide bonds. The van der Waals surface area contributed by atoms with Crippen LogP contribution < -0.4 is 11.1 Å². The number of nitrogen functional groups attached to an aromatic ring is 1. The van der Waals surface area contributed by atoms with Gasteiger partial charge >= 0.3 is 6.09 Å². The number of nitrogens with one attached hydrogen (secondary N) is 1. The van der Waals surface area contributed by atoms with Gasteiger partial charge in [0, 0.05) is 24.5 Å². The molecule has 0 aliphatic carbocycles. The zero-order chi connectivity index (χ0) is 13.1. The van der Waals surface area contributed by atoms with Crippen LogP contribution in [0.4, 0.5) is 9.93 Å². The van der Waals surface area contributed by atoms with Gasteiger partial charge in [-0.2, -0.15) is 0 Å². The fourth-order valence-electron chi connectivity index (χ4n) is 1.87. The van der Waals surface area contributed by atoms with E-state index in [-0.39, 0.29) is 11.9 Å². The van der Waals surface area contributed by atoms with Crippen LogP contribution in [0.15, 0.2) is 5.38 Å². The Kier molecular flexibility index (Phi) is 3.66. The molecule has 1 aliphatic heterocycles. The van der Waals surface area contributed by atoms with Crippen molar-refractivity contribution < 1.29 is 14.7 Å². The van der Waals surface area contributed by atoms with Gasteiger partial charge in [0.2, 0.25) is 0 Å². The van der Waals surface area contributed by atoms with Gasteiger partial charge in [0.25, 0.3) is 5.91 Å². The molecule has 98 valence electrons. The van der Waals surface area contributed by atoms with Gasteiger partial charge in [-0.3, -0.25) is 4.79 Å². The number of piperidine rings is 1. The average Bonchev–Trinajstić information content (AvgIpc) is 2.76. The van der Waals surface area contributed by atoms with Crippen molar-refractivity contribution in [2.75, 3.05) is 18.8 Å². The standard InChI is InChI=1S/C10H14N4O3S/c11-9-13-7(5-18-9)8(15)12-6-1-3-14(4-2-6)10(16)17/h5-6H,1-4H2,(H2,11,13)(H,12,15)(H,16,17). The molecule has 0 unspecified atom stereocenters. The van der Waals surface area contributed by atoms with Crippen molar-refractivity contribution in [1.29, 1.82) is 0 Å². The summed E-state index contributed by atoms with van der Waals surface area (Å²) in [4.78, 5) is 27.8. The van der Waals surface area contributed by atoms with Crippen molar-refractivity contribution >= 4 is 28.5 Å².